The quantitative estimate of drug-likeness (QED) is 0.663. The standard InChI is InChI=1S/C18H23BrOS/c1-2-21-16-11-18(16)12-17(8-4-3-5-9-17)20-15-7-6-13(19)10-14(15)18/h6-7,10,16H,2-5,8-9,11-12H2,1H3. The van der Waals surface area contributed by atoms with E-state index < -0.39 is 0 Å². The molecule has 0 amide bonds. The van der Waals surface area contributed by atoms with Crippen LogP contribution in [0.2, 0.25) is 0 Å². The Morgan fingerprint density at radius 2 is 2.10 bits per heavy atom. The number of fused-ring (bicyclic) bond motifs is 2. The maximum absolute atomic E-state index is 6.59. The van der Waals surface area contributed by atoms with Crippen LogP contribution >= 0.6 is 27.7 Å². The molecule has 21 heavy (non-hydrogen) atoms. The van der Waals surface area contributed by atoms with Crippen molar-refractivity contribution in [2.24, 2.45) is 0 Å². The molecule has 2 atom stereocenters. The number of benzene rings is 1. The van der Waals surface area contributed by atoms with E-state index in [0.717, 1.165) is 5.25 Å². The molecule has 4 rings (SSSR count). The van der Waals surface area contributed by atoms with E-state index in [2.05, 4.69) is 52.8 Å². The maximum atomic E-state index is 6.59. The molecule has 0 bridgehead atoms. The molecule has 1 nitrogen and oxygen atoms in total. The largest absolute Gasteiger partial charge is 0.487 e. The van der Waals surface area contributed by atoms with Gasteiger partial charge >= 0.3 is 0 Å². The minimum atomic E-state index is 0.141. The highest BCUT2D eigenvalue weighted by molar-refractivity contribution is 9.10. The van der Waals surface area contributed by atoms with E-state index in [1.807, 2.05) is 0 Å². The van der Waals surface area contributed by atoms with Crippen LogP contribution in [0.5, 0.6) is 5.75 Å². The Hall–Kier alpha value is -0.150. The lowest BCUT2D eigenvalue weighted by atomic mass is 9.73. The van der Waals surface area contributed by atoms with Gasteiger partial charge in [0.15, 0.2) is 0 Å². The summed E-state index contributed by atoms with van der Waals surface area (Å²) in [6, 6.07) is 6.66. The van der Waals surface area contributed by atoms with Crippen molar-refractivity contribution in [2.75, 3.05) is 5.75 Å². The second-order valence-electron chi connectivity index (χ2n) is 6.97. The van der Waals surface area contributed by atoms with Gasteiger partial charge in [0.2, 0.25) is 0 Å². The van der Waals surface area contributed by atoms with Crippen LogP contribution in [0.4, 0.5) is 0 Å². The van der Waals surface area contributed by atoms with Gasteiger partial charge in [-0.15, -0.1) is 0 Å². The summed E-state index contributed by atoms with van der Waals surface area (Å²) >= 11 is 5.80. The van der Waals surface area contributed by atoms with Crippen LogP contribution < -0.4 is 4.74 Å². The van der Waals surface area contributed by atoms with Gasteiger partial charge in [-0.25, -0.2) is 0 Å². The fourth-order valence-corrected chi connectivity index (χ4v) is 6.26. The lowest BCUT2D eigenvalue weighted by Crippen LogP contribution is -2.45. The normalized spacial score (nSPS) is 32.8. The average molecular weight is 367 g/mol. The zero-order chi connectivity index (χ0) is 14.5. The number of rotatable bonds is 2. The van der Waals surface area contributed by atoms with Gasteiger partial charge in [0.05, 0.1) is 0 Å². The van der Waals surface area contributed by atoms with E-state index in [9.17, 15) is 0 Å². The van der Waals surface area contributed by atoms with Crippen LogP contribution in [0, 0.1) is 0 Å². The van der Waals surface area contributed by atoms with Crippen LogP contribution in [-0.2, 0) is 5.41 Å². The van der Waals surface area contributed by atoms with Gasteiger partial charge in [-0.3, -0.25) is 0 Å². The third-order valence-electron chi connectivity index (χ3n) is 5.58. The predicted octanol–water partition coefficient (Wildman–Crippen LogP) is 5.70. The summed E-state index contributed by atoms with van der Waals surface area (Å²) in [6.07, 6.45) is 9.18. The fourth-order valence-electron chi connectivity index (χ4n) is 4.56. The second kappa shape index (κ2) is 5.19. The summed E-state index contributed by atoms with van der Waals surface area (Å²) in [4.78, 5) is 0. The molecule has 0 N–H and O–H groups in total. The van der Waals surface area contributed by atoms with Gasteiger partial charge in [-0.05, 0) is 62.5 Å². The molecule has 1 aliphatic heterocycles. The van der Waals surface area contributed by atoms with E-state index >= 15 is 0 Å². The first kappa shape index (κ1) is 14.4. The molecule has 2 spiro atoms. The molecule has 2 fully saturated rings. The van der Waals surface area contributed by atoms with Crippen LogP contribution in [0.3, 0.4) is 0 Å². The van der Waals surface area contributed by atoms with Crippen molar-refractivity contribution < 1.29 is 4.74 Å². The van der Waals surface area contributed by atoms with E-state index in [4.69, 9.17) is 4.74 Å². The predicted molar refractivity (Wildman–Crippen MR) is 93.4 cm³/mol. The summed E-state index contributed by atoms with van der Waals surface area (Å²) in [5.74, 6) is 2.40. The summed E-state index contributed by atoms with van der Waals surface area (Å²) in [5.41, 5.74) is 2.01. The Balaban J connectivity index is 1.74. The average Bonchev–Trinajstić information content (AvgIpc) is 3.14. The second-order valence-corrected chi connectivity index (χ2v) is 9.36. The number of thioether (sulfide) groups is 1. The lowest BCUT2D eigenvalue weighted by Gasteiger charge is -2.45. The minimum Gasteiger partial charge on any atom is -0.487 e. The van der Waals surface area contributed by atoms with Crippen LogP contribution in [0.15, 0.2) is 22.7 Å². The Morgan fingerprint density at radius 3 is 2.86 bits per heavy atom. The van der Waals surface area contributed by atoms with Crippen molar-refractivity contribution in [3.63, 3.8) is 0 Å². The van der Waals surface area contributed by atoms with E-state index in [-0.39, 0.29) is 5.60 Å². The van der Waals surface area contributed by atoms with Crippen molar-refractivity contribution in [1.29, 1.82) is 0 Å². The van der Waals surface area contributed by atoms with Gasteiger partial charge in [0.1, 0.15) is 11.4 Å². The van der Waals surface area contributed by atoms with Crippen molar-refractivity contribution in [3.05, 3.63) is 28.2 Å². The Labute approximate surface area is 140 Å². The molecule has 3 heteroatoms. The first-order chi connectivity index (χ1) is 10.2. The van der Waals surface area contributed by atoms with Crippen molar-refractivity contribution >= 4 is 27.7 Å². The van der Waals surface area contributed by atoms with E-state index in [1.165, 1.54) is 66.5 Å². The third kappa shape index (κ3) is 2.35. The molecule has 0 radical (unpaired) electrons. The lowest BCUT2D eigenvalue weighted by molar-refractivity contribution is -0.00239. The van der Waals surface area contributed by atoms with Crippen molar-refractivity contribution in [1.82, 2.24) is 0 Å². The summed E-state index contributed by atoms with van der Waals surface area (Å²) in [7, 11) is 0. The van der Waals surface area contributed by atoms with Gasteiger partial charge < -0.3 is 4.74 Å². The molecule has 1 heterocycles. The first-order valence-electron chi connectivity index (χ1n) is 8.28. The monoisotopic (exact) mass is 366 g/mol. The van der Waals surface area contributed by atoms with Crippen molar-refractivity contribution in [2.45, 2.75) is 68.1 Å². The molecule has 114 valence electrons. The highest BCUT2D eigenvalue weighted by atomic mass is 79.9. The SMILES string of the molecule is CCSC1CC12CC1(CCCCC1)Oc1ccc(Br)cc12. The van der Waals surface area contributed by atoms with Crippen LogP contribution in [0.1, 0.15) is 57.4 Å². The van der Waals surface area contributed by atoms with Gasteiger partial charge in [-0.1, -0.05) is 29.3 Å². The van der Waals surface area contributed by atoms with Gasteiger partial charge in [0.25, 0.3) is 0 Å². The fraction of sp³-hybridized carbons (Fsp3) is 0.667. The number of hydrogen-bond donors (Lipinski definition) is 0. The number of halogens is 1. The first-order valence-corrected chi connectivity index (χ1v) is 10.1. The van der Waals surface area contributed by atoms with E-state index in [1.54, 1.807) is 0 Å². The molecule has 2 aliphatic carbocycles. The topological polar surface area (TPSA) is 9.23 Å². The summed E-state index contributed by atoms with van der Waals surface area (Å²) in [6.45, 7) is 2.29. The molecule has 2 saturated carbocycles. The molecule has 0 saturated heterocycles. The van der Waals surface area contributed by atoms with Crippen LogP contribution in [-0.4, -0.2) is 16.6 Å². The number of ether oxygens (including phenoxy) is 1. The Morgan fingerprint density at radius 1 is 1.29 bits per heavy atom. The molecule has 1 aromatic rings. The number of hydrogen-bond acceptors (Lipinski definition) is 2. The highest BCUT2D eigenvalue weighted by Gasteiger charge is 2.62. The maximum Gasteiger partial charge on any atom is 0.124 e. The van der Waals surface area contributed by atoms with Crippen LogP contribution in [0.25, 0.3) is 0 Å². The van der Waals surface area contributed by atoms with E-state index in [0.29, 0.717) is 5.41 Å². The van der Waals surface area contributed by atoms with Gasteiger partial charge in [0, 0.05) is 20.7 Å². The zero-order valence-electron chi connectivity index (χ0n) is 12.7. The molecular weight excluding hydrogens is 344 g/mol. The highest BCUT2D eigenvalue weighted by Crippen LogP contribution is 2.65. The molecule has 1 aromatic carbocycles. The third-order valence-corrected chi connectivity index (χ3v) is 7.43. The summed E-state index contributed by atoms with van der Waals surface area (Å²) in [5, 5.41) is 0.804. The Bertz CT molecular complexity index is 552. The minimum absolute atomic E-state index is 0.141. The zero-order valence-corrected chi connectivity index (χ0v) is 15.1. The Kier molecular flexibility index (Phi) is 3.57. The smallest absolute Gasteiger partial charge is 0.124 e. The molecule has 2 unspecified atom stereocenters. The van der Waals surface area contributed by atoms with Crippen molar-refractivity contribution in [3.8, 4) is 5.75 Å². The summed E-state index contributed by atoms with van der Waals surface area (Å²) < 4.78 is 7.78. The molecule has 0 aromatic heterocycles. The van der Waals surface area contributed by atoms with Gasteiger partial charge in [-0.2, -0.15) is 11.8 Å². The molecular formula is C18H23BrOS. The molecule has 3 aliphatic rings.